The molecule has 0 aromatic rings. The van der Waals surface area contributed by atoms with Crippen LogP contribution in [0.4, 0.5) is 4.79 Å². The smallest absolute Gasteiger partial charge is 0.329 e. The zero-order chi connectivity index (χ0) is 31.8. The van der Waals surface area contributed by atoms with Gasteiger partial charge in [-0.05, 0) is 67.6 Å². The molecule has 0 spiro atoms. The lowest BCUT2D eigenvalue weighted by Crippen LogP contribution is -2.47. The third kappa shape index (κ3) is 22.4. The second-order valence-electron chi connectivity index (χ2n) is 12.7. The number of ether oxygens (including phenoxy) is 1. The monoisotopic (exact) mass is 596 g/mol. The number of carbonyl (C=O) groups excluding carboxylic acids is 4. The molecule has 246 valence electrons. The van der Waals surface area contributed by atoms with Crippen molar-refractivity contribution in [2.45, 2.75) is 155 Å². The van der Waals surface area contributed by atoms with Crippen molar-refractivity contribution in [2.24, 2.45) is 0 Å². The molecule has 0 fully saturated rings. The number of unbranched alkanes of at least 4 members (excludes halogenated alkanes) is 12. The van der Waals surface area contributed by atoms with Crippen molar-refractivity contribution in [3.63, 3.8) is 0 Å². The van der Waals surface area contributed by atoms with Crippen LogP contribution in [-0.4, -0.2) is 79.0 Å². The summed E-state index contributed by atoms with van der Waals surface area (Å²) in [7, 11) is 3.87. The Kier molecular flexibility index (Phi) is 23.0. The standard InChI is InChI=1S/C33H64N4O5/c1-8-10-11-12-13-14-15-16-17-18-19-20-21-23-29(38)35-28(31(40)42-33(3,4)5)24-25-30(39)37(32(41)34-9-2)27-22-26-36(6)7/h28H,8-27H2,1-7H3,(H,34,41)(H,35,38)/t28-/m0/s1. The van der Waals surface area contributed by atoms with Gasteiger partial charge >= 0.3 is 12.0 Å². The SMILES string of the molecule is CCCCCCCCCCCCCCCC(=O)N[C@@H](CCC(=O)N(CCCN(C)C)C(=O)NCC)C(=O)OC(C)(C)C. The second kappa shape index (κ2) is 24.3. The Hall–Kier alpha value is -2.16. The molecule has 0 aromatic carbocycles. The molecule has 4 amide bonds. The fraction of sp³-hybridized carbons (Fsp3) is 0.879. The first-order chi connectivity index (χ1) is 19.9. The van der Waals surface area contributed by atoms with Gasteiger partial charge in [0, 0.05) is 25.9 Å². The number of nitrogens with one attached hydrogen (secondary N) is 2. The van der Waals surface area contributed by atoms with Crippen LogP contribution in [0.5, 0.6) is 0 Å². The van der Waals surface area contributed by atoms with Crippen LogP contribution in [0.2, 0.25) is 0 Å². The molecular formula is C33H64N4O5. The molecule has 0 unspecified atom stereocenters. The predicted molar refractivity (Wildman–Crippen MR) is 171 cm³/mol. The van der Waals surface area contributed by atoms with Crippen molar-refractivity contribution in [2.75, 3.05) is 33.7 Å². The van der Waals surface area contributed by atoms with Crippen molar-refractivity contribution in [1.82, 2.24) is 20.4 Å². The van der Waals surface area contributed by atoms with Crippen LogP contribution < -0.4 is 10.6 Å². The predicted octanol–water partition coefficient (Wildman–Crippen LogP) is 6.58. The average molecular weight is 597 g/mol. The molecule has 0 saturated heterocycles. The van der Waals surface area contributed by atoms with Gasteiger partial charge in [0.25, 0.3) is 0 Å². The number of imide groups is 1. The molecule has 42 heavy (non-hydrogen) atoms. The van der Waals surface area contributed by atoms with Gasteiger partial charge in [-0.2, -0.15) is 0 Å². The summed E-state index contributed by atoms with van der Waals surface area (Å²) in [4.78, 5) is 54.4. The third-order valence-corrected chi connectivity index (χ3v) is 7.04. The molecule has 2 N–H and O–H groups in total. The number of nitrogens with zero attached hydrogens (tertiary/aromatic N) is 2. The molecular weight excluding hydrogens is 532 g/mol. The van der Waals surface area contributed by atoms with Crippen molar-refractivity contribution in [1.29, 1.82) is 0 Å². The molecule has 0 bridgehead atoms. The third-order valence-electron chi connectivity index (χ3n) is 7.04. The summed E-state index contributed by atoms with van der Waals surface area (Å²) in [5.41, 5.74) is -0.724. The van der Waals surface area contributed by atoms with E-state index in [0.29, 0.717) is 19.4 Å². The quantitative estimate of drug-likeness (QED) is 0.0962. The highest BCUT2D eigenvalue weighted by Crippen LogP contribution is 2.15. The number of hydrogen-bond acceptors (Lipinski definition) is 6. The maximum Gasteiger partial charge on any atom is 0.329 e. The molecule has 9 nitrogen and oxygen atoms in total. The van der Waals surface area contributed by atoms with E-state index < -0.39 is 23.6 Å². The van der Waals surface area contributed by atoms with Crippen LogP contribution in [0.15, 0.2) is 0 Å². The van der Waals surface area contributed by atoms with E-state index in [9.17, 15) is 19.2 Å². The first-order valence-corrected chi connectivity index (χ1v) is 16.7. The number of urea groups is 1. The van der Waals surface area contributed by atoms with Crippen LogP contribution in [0.3, 0.4) is 0 Å². The molecule has 0 aromatic heterocycles. The van der Waals surface area contributed by atoms with Gasteiger partial charge in [0.1, 0.15) is 11.6 Å². The molecule has 0 rings (SSSR count). The Morgan fingerprint density at radius 1 is 0.714 bits per heavy atom. The maximum absolute atomic E-state index is 13.0. The fourth-order valence-corrected chi connectivity index (χ4v) is 4.73. The van der Waals surface area contributed by atoms with Gasteiger partial charge in [-0.3, -0.25) is 14.5 Å². The van der Waals surface area contributed by atoms with Gasteiger partial charge < -0.3 is 20.3 Å². The highest BCUT2D eigenvalue weighted by Gasteiger charge is 2.29. The summed E-state index contributed by atoms with van der Waals surface area (Å²) in [5.74, 6) is -1.15. The molecule has 0 heterocycles. The Balaban J connectivity index is 4.67. The first kappa shape index (κ1) is 39.8. The number of carbonyl (C=O) groups is 4. The van der Waals surface area contributed by atoms with Gasteiger partial charge in [-0.15, -0.1) is 0 Å². The van der Waals surface area contributed by atoms with Crippen LogP contribution in [0, 0.1) is 0 Å². The van der Waals surface area contributed by atoms with E-state index in [1.165, 1.54) is 69.1 Å². The normalized spacial score (nSPS) is 12.2. The summed E-state index contributed by atoms with van der Waals surface area (Å²) >= 11 is 0. The van der Waals surface area contributed by atoms with Crippen molar-refractivity contribution < 1.29 is 23.9 Å². The zero-order valence-electron chi connectivity index (χ0n) is 28.2. The zero-order valence-corrected chi connectivity index (χ0v) is 28.2. The lowest BCUT2D eigenvalue weighted by molar-refractivity contribution is -0.159. The van der Waals surface area contributed by atoms with Crippen molar-refractivity contribution >= 4 is 23.8 Å². The first-order valence-electron chi connectivity index (χ1n) is 16.7. The minimum absolute atomic E-state index is 0.0535. The van der Waals surface area contributed by atoms with Gasteiger partial charge in [-0.25, -0.2) is 9.59 Å². The summed E-state index contributed by atoms with van der Waals surface area (Å²) in [6.07, 6.45) is 17.0. The highest BCUT2D eigenvalue weighted by atomic mass is 16.6. The average Bonchev–Trinajstić information content (AvgIpc) is 2.90. The van der Waals surface area contributed by atoms with Gasteiger partial charge in [0.05, 0.1) is 0 Å². The van der Waals surface area contributed by atoms with Gasteiger partial charge in [-0.1, -0.05) is 84.0 Å². The molecule has 0 aliphatic carbocycles. The van der Waals surface area contributed by atoms with Crippen LogP contribution in [0.25, 0.3) is 0 Å². The molecule has 0 aliphatic rings. The summed E-state index contributed by atoms with van der Waals surface area (Å²) in [6.45, 7) is 10.8. The lowest BCUT2D eigenvalue weighted by Gasteiger charge is -2.26. The summed E-state index contributed by atoms with van der Waals surface area (Å²) in [5, 5.41) is 5.49. The fourth-order valence-electron chi connectivity index (χ4n) is 4.73. The van der Waals surface area contributed by atoms with E-state index in [-0.39, 0.29) is 31.2 Å². The maximum atomic E-state index is 13.0. The van der Waals surface area contributed by atoms with Crippen LogP contribution >= 0.6 is 0 Å². The Morgan fingerprint density at radius 3 is 1.71 bits per heavy atom. The number of esters is 1. The molecule has 0 aliphatic heterocycles. The molecule has 1 atom stereocenters. The van der Waals surface area contributed by atoms with Gasteiger partial charge in [0.15, 0.2) is 0 Å². The molecule has 0 saturated carbocycles. The van der Waals surface area contributed by atoms with E-state index in [4.69, 9.17) is 4.74 Å². The van der Waals surface area contributed by atoms with E-state index in [1.807, 2.05) is 19.0 Å². The van der Waals surface area contributed by atoms with E-state index in [2.05, 4.69) is 17.6 Å². The Morgan fingerprint density at radius 2 is 1.24 bits per heavy atom. The minimum atomic E-state index is -0.944. The van der Waals surface area contributed by atoms with E-state index in [0.717, 1.165) is 25.8 Å². The Labute approximate surface area is 257 Å². The van der Waals surface area contributed by atoms with Crippen LogP contribution in [0.1, 0.15) is 144 Å². The van der Waals surface area contributed by atoms with Crippen LogP contribution in [-0.2, 0) is 19.1 Å². The highest BCUT2D eigenvalue weighted by molar-refractivity contribution is 5.94. The Bertz CT molecular complexity index is 751. The topological polar surface area (TPSA) is 108 Å². The minimum Gasteiger partial charge on any atom is -0.458 e. The summed E-state index contributed by atoms with van der Waals surface area (Å²) in [6, 6.07) is -1.39. The lowest BCUT2D eigenvalue weighted by atomic mass is 10.0. The second-order valence-corrected chi connectivity index (χ2v) is 12.7. The largest absolute Gasteiger partial charge is 0.458 e. The molecule has 9 heteroatoms. The summed E-state index contributed by atoms with van der Waals surface area (Å²) < 4.78 is 5.53. The van der Waals surface area contributed by atoms with Crippen molar-refractivity contribution in [3.8, 4) is 0 Å². The van der Waals surface area contributed by atoms with E-state index in [1.54, 1.807) is 27.7 Å². The number of amides is 4. The number of hydrogen-bond donors (Lipinski definition) is 2. The van der Waals surface area contributed by atoms with E-state index >= 15 is 0 Å². The number of rotatable bonds is 24. The van der Waals surface area contributed by atoms with Crippen molar-refractivity contribution in [3.05, 3.63) is 0 Å². The molecule has 0 radical (unpaired) electrons. The van der Waals surface area contributed by atoms with Gasteiger partial charge in [0.2, 0.25) is 11.8 Å².